The van der Waals surface area contributed by atoms with Crippen molar-refractivity contribution in [2.24, 2.45) is 0 Å². The molecule has 2 heterocycles. The van der Waals surface area contributed by atoms with Gasteiger partial charge in [0.2, 0.25) is 5.91 Å². The number of likely N-dealkylation sites (N-methyl/N-ethyl adjacent to an activating group) is 1. The van der Waals surface area contributed by atoms with Crippen LogP contribution < -0.4 is 5.32 Å². The molecular weight excluding hydrogens is 310 g/mol. The van der Waals surface area contributed by atoms with Gasteiger partial charge in [0.05, 0.1) is 23.0 Å². The number of thiazole rings is 1. The van der Waals surface area contributed by atoms with E-state index in [1.54, 1.807) is 23.7 Å². The largest absolute Gasteiger partial charge is 0.468 e. The standard InChI is InChI=1S/C17H23N3O2S/c1-4-20(5-2)15(16-7-6-10-22-16)11-18-17(21)9-8-14-12-23-13(3)19-14/h6-10,12,15H,4-5,11H2,1-3H3,(H,18,21)/b9-8-/t15-/m1/s1. The summed E-state index contributed by atoms with van der Waals surface area (Å²) in [6, 6.07) is 3.86. The van der Waals surface area contributed by atoms with Crippen molar-refractivity contribution in [2.45, 2.75) is 26.8 Å². The molecule has 0 spiro atoms. The number of aryl methyl sites for hydroxylation is 1. The van der Waals surface area contributed by atoms with Crippen LogP contribution in [0.2, 0.25) is 0 Å². The van der Waals surface area contributed by atoms with E-state index >= 15 is 0 Å². The van der Waals surface area contributed by atoms with Crippen molar-refractivity contribution in [1.82, 2.24) is 15.2 Å². The molecule has 0 saturated carbocycles. The molecule has 6 heteroatoms. The summed E-state index contributed by atoms with van der Waals surface area (Å²) in [7, 11) is 0. The van der Waals surface area contributed by atoms with Gasteiger partial charge in [-0.1, -0.05) is 13.8 Å². The molecule has 1 amide bonds. The number of rotatable bonds is 8. The second-order valence-electron chi connectivity index (χ2n) is 5.12. The second kappa shape index (κ2) is 8.64. The molecule has 0 saturated heterocycles. The number of carbonyl (C=O) groups excluding carboxylic acids is 1. The Morgan fingerprint density at radius 3 is 2.83 bits per heavy atom. The molecule has 124 valence electrons. The van der Waals surface area contributed by atoms with Crippen molar-refractivity contribution in [3.8, 4) is 0 Å². The molecule has 0 radical (unpaired) electrons. The Balaban J connectivity index is 1.95. The molecular formula is C17H23N3O2S. The second-order valence-corrected chi connectivity index (χ2v) is 6.18. The number of furan rings is 1. The summed E-state index contributed by atoms with van der Waals surface area (Å²) >= 11 is 1.57. The van der Waals surface area contributed by atoms with E-state index in [-0.39, 0.29) is 11.9 Å². The van der Waals surface area contributed by atoms with Gasteiger partial charge >= 0.3 is 0 Å². The van der Waals surface area contributed by atoms with Crippen molar-refractivity contribution >= 4 is 23.3 Å². The Hall–Kier alpha value is -1.92. The first kappa shape index (κ1) is 17.4. The average molecular weight is 333 g/mol. The van der Waals surface area contributed by atoms with Gasteiger partial charge in [-0.15, -0.1) is 11.3 Å². The maximum absolute atomic E-state index is 12.0. The van der Waals surface area contributed by atoms with Gasteiger partial charge in [-0.05, 0) is 38.2 Å². The van der Waals surface area contributed by atoms with E-state index in [1.165, 1.54) is 6.08 Å². The molecule has 2 aromatic rings. The van der Waals surface area contributed by atoms with E-state index in [2.05, 4.69) is 29.0 Å². The highest BCUT2D eigenvalue weighted by Crippen LogP contribution is 2.20. The highest BCUT2D eigenvalue weighted by Gasteiger charge is 2.20. The molecule has 0 bridgehead atoms. The summed E-state index contributed by atoms with van der Waals surface area (Å²) in [6.45, 7) is 8.45. The van der Waals surface area contributed by atoms with Gasteiger partial charge < -0.3 is 9.73 Å². The molecule has 23 heavy (non-hydrogen) atoms. The van der Waals surface area contributed by atoms with Gasteiger partial charge in [0.15, 0.2) is 0 Å². The Labute approximate surface area is 141 Å². The number of carbonyl (C=O) groups is 1. The first-order valence-corrected chi connectivity index (χ1v) is 8.67. The summed E-state index contributed by atoms with van der Waals surface area (Å²) < 4.78 is 5.53. The zero-order valence-electron chi connectivity index (χ0n) is 13.8. The smallest absolute Gasteiger partial charge is 0.244 e. The number of hydrogen-bond donors (Lipinski definition) is 1. The molecule has 0 aliphatic rings. The van der Waals surface area contributed by atoms with Crippen molar-refractivity contribution in [3.05, 3.63) is 46.3 Å². The Morgan fingerprint density at radius 1 is 1.48 bits per heavy atom. The fourth-order valence-electron chi connectivity index (χ4n) is 2.43. The molecule has 0 aromatic carbocycles. The molecule has 2 aromatic heterocycles. The SMILES string of the molecule is CCN(CC)[C@H](CNC(=O)/C=C\c1csc(C)n1)c1ccco1. The topological polar surface area (TPSA) is 58.4 Å². The van der Waals surface area contributed by atoms with Crippen LogP contribution in [-0.4, -0.2) is 35.4 Å². The summed E-state index contributed by atoms with van der Waals surface area (Å²) in [5, 5.41) is 5.87. The molecule has 0 fully saturated rings. The van der Waals surface area contributed by atoms with Crippen molar-refractivity contribution in [1.29, 1.82) is 0 Å². The number of amides is 1. The van der Waals surface area contributed by atoms with Crippen LogP contribution in [-0.2, 0) is 4.79 Å². The third-order valence-corrected chi connectivity index (χ3v) is 4.43. The van der Waals surface area contributed by atoms with Crippen LogP contribution in [0.3, 0.4) is 0 Å². The van der Waals surface area contributed by atoms with Crippen LogP contribution in [0.5, 0.6) is 0 Å². The van der Waals surface area contributed by atoms with Crippen LogP contribution in [0.25, 0.3) is 6.08 Å². The van der Waals surface area contributed by atoms with Crippen LogP contribution in [0.15, 0.2) is 34.3 Å². The highest BCUT2D eigenvalue weighted by atomic mass is 32.1. The van der Waals surface area contributed by atoms with Gasteiger partial charge in [0.1, 0.15) is 5.76 Å². The Morgan fingerprint density at radius 2 is 2.26 bits per heavy atom. The first-order valence-electron chi connectivity index (χ1n) is 7.79. The van der Waals surface area contributed by atoms with E-state index in [0.29, 0.717) is 6.54 Å². The third-order valence-electron chi connectivity index (χ3n) is 3.64. The number of nitrogens with one attached hydrogen (secondary N) is 1. The molecule has 1 N–H and O–H groups in total. The minimum atomic E-state index is -0.126. The predicted octanol–water partition coefficient (Wildman–Crippen LogP) is 3.26. The lowest BCUT2D eigenvalue weighted by Gasteiger charge is -2.28. The molecule has 0 unspecified atom stereocenters. The van der Waals surface area contributed by atoms with E-state index in [0.717, 1.165) is 29.6 Å². The minimum absolute atomic E-state index is 0.0406. The van der Waals surface area contributed by atoms with Gasteiger partial charge in [0, 0.05) is 18.0 Å². The van der Waals surface area contributed by atoms with Crippen LogP contribution in [0, 0.1) is 6.92 Å². The average Bonchev–Trinajstić information content (AvgIpc) is 3.21. The lowest BCUT2D eigenvalue weighted by atomic mass is 10.2. The Bertz CT molecular complexity index is 630. The quantitative estimate of drug-likeness (QED) is 0.753. The fraction of sp³-hybridized carbons (Fsp3) is 0.412. The maximum Gasteiger partial charge on any atom is 0.244 e. The minimum Gasteiger partial charge on any atom is -0.468 e. The van der Waals surface area contributed by atoms with Gasteiger partial charge in [0.25, 0.3) is 0 Å². The zero-order valence-corrected chi connectivity index (χ0v) is 14.6. The summed E-state index contributed by atoms with van der Waals surface area (Å²) in [4.78, 5) is 18.6. The lowest BCUT2D eigenvalue weighted by Crippen LogP contribution is -2.37. The molecule has 0 aliphatic carbocycles. The van der Waals surface area contributed by atoms with Crippen molar-refractivity contribution < 1.29 is 9.21 Å². The summed E-state index contributed by atoms with van der Waals surface area (Å²) in [6.07, 6.45) is 4.92. The van der Waals surface area contributed by atoms with Crippen LogP contribution in [0.4, 0.5) is 0 Å². The van der Waals surface area contributed by atoms with Crippen molar-refractivity contribution in [3.63, 3.8) is 0 Å². The molecule has 2 rings (SSSR count). The highest BCUT2D eigenvalue weighted by molar-refractivity contribution is 7.09. The summed E-state index contributed by atoms with van der Waals surface area (Å²) in [5.41, 5.74) is 0.814. The van der Waals surface area contributed by atoms with E-state index in [4.69, 9.17) is 4.42 Å². The maximum atomic E-state index is 12.0. The van der Waals surface area contributed by atoms with Gasteiger partial charge in [-0.3, -0.25) is 9.69 Å². The van der Waals surface area contributed by atoms with E-state index in [9.17, 15) is 4.79 Å². The van der Waals surface area contributed by atoms with E-state index in [1.807, 2.05) is 24.4 Å². The monoisotopic (exact) mass is 333 g/mol. The fourth-order valence-corrected chi connectivity index (χ4v) is 3.01. The molecule has 0 aliphatic heterocycles. The first-order chi connectivity index (χ1) is 11.1. The lowest BCUT2D eigenvalue weighted by molar-refractivity contribution is -0.116. The van der Waals surface area contributed by atoms with Crippen LogP contribution in [0.1, 0.15) is 36.4 Å². The number of aromatic nitrogens is 1. The molecule has 1 atom stereocenters. The molecule has 5 nitrogen and oxygen atoms in total. The summed E-state index contributed by atoms with van der Waals surface area (Å²) in [5.74, 6) is 0.743. The Kier molecular flexibility index (Phi) is 6.55. The van der Waals surface area contributed by atoms with E-state index < -0.39 is 0 Å². The number of nitrogens with zero attached hydrogens (tertiary/aromatic N) is 2. The zero-order chi connectivity index (χ0) is 16.7. The van der Waals surface area contributed by atoms with Crippen LogP contribution >= 0.6 is 11.3 Å². The predicted molar refractivity (Wildman–Crippen MR) is 93.3 cm³/mol. The van der Waals surface area contributed by atoms with Gasteiger partial charge in [-0.2, -0.15) is 0 Å². The number of hydrogen-bond acceptors (Lipinski definition) is 5. The normalized spacial score (nSPS) is 12.9. The third kappa shape index (κ3) is 5.04. The van der Waals surface area contributed by atoms with Gasteiger partial charge in [-0.25, -0.2) is 4.98 Å². The van der Waals surface area contributed by atoms with Crippen molar-refractivity contribution in [2.75, 3.05) is 19.6 Å².